The molecule has 0 bridgehead atoms. The Labute approximate surface area is 234 Å². The number of H-pyrrole nitrogens is 1. The molecule has 212 valence electrons. The molecule has 5 N–H and O–H groups in total. The fourth-order valence-corrected chi connectivity index (χ4v) is 6.12. The Morgan fingerprint density at radius 2 is 1.70 bits per heavy atom. The molecule has 3 aromatic carbocycles. The van der Waals surface area contributed by atoms with Crippen LogP contribution in [0.25, 0.3) is 11.0 Å². The molecule has 2 atom stereocenters. The summed E-state index contributed by atoms with van der Waals surface area (Å²) >= 11 is 0. The first-order chi connectivity index (χ1) is 19.1. The molecule has 0 spiro atoms. The number of aromatic nitrogens is 2. The van der Waals surface area contributed by atoms with Crippen molar-refractivity contribution in [1.29, 1.82) is 0 Å². The molecule has 0 aliphatic heterocycles. The van der Waals surface area contributed by atoms with Crippen LogP contribution in [-0.4, -0.2) is 52.7 Å². The molecule has 0 saturated heterocycles. The number of benzene rings is 3. The lowest BCUT2D eigenvalue weighted by molar-refractivity contribution is 0.0391. The lowest BCUT2D eigenvalue weighted by atomic mass is 10.0. The van der Waals surface area contributed by atoms with Gasteiger partial charge >= 0.3 is 6.09 Å². The molecule has 11 heteroatoms. The predicted molar refractivity (Wildman–Crippen MR) is 154 cm³/mol. The number of anilines is 1. The number of hydrogen-bond acceptors (Lipinski definition) is 7. The van der Waals surface area contributed by atoms with Crippen molar-refractivity contribution in [2.45, 2.75) is 50.5 Å². The number of carbonyl (C=O) groups is 1. The minimum absolute atomic E-state index is 0.00168. The molecule has 1 heterocycles. The number of amides is 1. The van der Waals surface area contributed by atoms with Crippen LogP contribution in [0.15, 0.2) is 83.8 Å². The summed E-state index contributed by atoms with van der Waals surface area (Å²) in [6, 6.07) is 22.6. The third kappa shape index (κ3) is 7.59. The van der Waals surface area contributed by atoms with Crippen LogP contribution in [-0.2, 0) is 27.8 Å². The third-order valence-corrected chi connectivity index (χ3v) is 8.17. The van der Waals surface area contributed by atoms with E-state index in [0.717, 1.165) is 15.4 Å². The zero-order valence-electron chi connectivity index (χ0n) is 22.5. The van der Waals surface area contributed by atoms with Gasteiger partial charge in [-0.25, -0.2) is 18.2 Å². The Balaban J connectivity index is 1.55. The molecule has 0 saturated carbocycles. The summed E-state index contributed by atoms with van der Waals surface area (Å²) in [4.78, 5) is 19.7. The van der Waals surface area contributed by atoms with Crippen LogP contribution in [0.4, 0.5) is 10.7 Å². The number of aliphatic hydroxyl groups excluding tert-OH is 1. The van der Waals surface area contributed by atoms with Gasteiger partial charge in [-0.2, -0.15) is 4.31 Å². The van der Waals surface area contributed by atoms with Crippen LogP contribution in [0.2, 0.25) is 0 Å². The summed E-state index contributed by atoms with van der Waals surface area (Å²) < 4.78 is 34.0. The summed E-state index contributed by atoms with van der Waals surface area (Å²) in [5.74, 6) is 0.102. The number of fused-ring (bicyclic) bond motifs is 1. The lowest BCUT2D eigenvalue weighted by Crippen LogP contribution is -2.47. The molecule has 1 amide bonds. The molecule has 0 aliphatic rings. The fourth-order valence-electron chi connectivity index (χ4n) is 4.44. The van der Waals surface area contributed by atoms with Crippen molar-refractivity contribution in [3.8, 4) is 0 Å². The number of aromatic amines is 1. The molecule has 4 rings (SSSR count). The Morgan fingerprint density at radius 1 is 1.05 bits per heavy atom. The molecular weight excluding hydrogens is 530 g/mol. The van der Waals surface area contributed by atoms with E-state index < -0.39 is 28.4 Å². The van der Waals surface area contributed by atoms with Crippen LogP contribution in [0, 0.1) is 5.92 Å². The molecule has 4 aromatic rings. The Bertz CT molecular complexity index is 1510. The SMILES string of the molecule is CC(C)CN(C(O)C[C@H](Cc1ccccc1)NC(=O)OCc1ccccc1)S(=O)(=O)c1ccc2nc(N)[nH]c2c1. The average Bonchev–Trinajstić information content (AvgIpc) is 3.30. The van der Waals surface area contributed by atoms with Crippen LogP contribution < -0.4 is 11.1 Å². The van der Waals surface area contributed by atoms with E-state index in [4.69, 9.17) is 10.5 Å². The van der Waals surface area contributed by atoms with E-state index in [0.29, 0.717) is 17.5 Å². The van der Waals surface area contributed by atoms with Crippen molar-refractivity contribution in [2.75, 3.05) is 12.3 Å². The van der Waals surface area contributed by atoms with Crippen LogP contribution in [0.3, 0.4) is 0 Å². The Kier molecular flexibility index (Phi) is 9.41. The number of nitrogen functional groups attached to an aromatic ring is 1. The summed E-state index contributed by atoms with van der Waals surface area (Å²) in [7, 11) is -4.12. The number of hydrogen-bond donors (Lipinski definition) is 4. The van der Waals surface area contributed by atoms with Crippen molar-refractivity contribution >= 4 is 33.1 Å². The van der Waals surface area contributed by atoms with E-state index in [1.165, 1.54) is 12.1 Å². The molecule has 0 fully saturated rings. The molecular formula is C29H35N5O5S. The summed E-state index contributed by atoms with van der Waals surface area (Å²) in [5.41, 5.74) is 8.49. The summed E-state index contributed by atoms with van der Waals surface area (Å²) in [6.07, 6.45) is -1.76. The number of sulfonamides is 1. The van der Waals surface area contributed by atoms with E-state index in [1.807, 2.05) is 74.5 Å². The molecule has 1 unspecified atom stereocenters. The number of aliphatic hydroxyl groups is 1. The number of nitrogens with two attached hydrogens (primary N) is 1. The number of carbonyl (C=O) groups excluding carboxylic acids is 1. The first-order valence-electron chi connectivity index (χ1n) is 13.1. The molecule has 0 radical (unpaired) electrons. The lowest BCUT2D eigenvalue weighted by Gasteiger charge is -2.31. The Hall–Kier alpha value is -3.93. The van der Waals surface area contributed by atoms with E-state index in [-0.39, 0.29) is 36.3 Å². The van der Waals surface area contributed by atoms with Crippen LogP contribution >= 0.6 is 0 Å². The molecule has 10 nitrogen and oxygen atoms in total. The van der Waals surface area contributed by atoms with E-state index in [9.17, 15) is 18.3 Å². The van der Waals surface area contributed by atoms with E-state index >= 15 is 0 Å². The second kappa shape index (κ2) is 12.9. The van der Waals surface area contributed by atoms with Crippen molar-refractivity contribution < 1.29 is 23.1 Å². The summed E-state index contributed by atoms with van der Waals surface area (Å²) in [6.45, 7) is 3.90. The zero-order chi connectivity index (χ0) is 28.7. The van der Waals surface area contributed by atoms with Gasteiger partial charge in [0.2, 0.25) is 10.0 Å². The quantitative estimate of drug-likeness (QED) is 0.189. The smallest absolute Gasteiger partial charge is 0.407 e. The van der Waals surface area contributed by atoms with Gasteiger partial charge in [0, 0.05) is 19.0 Å². The fraction of sp³-hybridized carbons (Fsp3) is 0.310. The maximum absolute atomic E-state index is 13.8. The van der Waals surface area contributed by atoms with Gasteiger partial charge in [-0.15, -0.1) is 0 Å². The van der Waals surface area contributed by atoms with Gasteiger partial charge in [0.05, 0.1) is 15.9 Å². The van der Waals surface area contributed by atoms with Gasteiger partial charge in [0.25, 0.3) is 0 Å². The average molecular weight is 566 g/mol. The number of alkyl carbamates (subject to hydrolysis) is 1. The highest BCUT2D eigenvalue weighted by atomic mass is 32.2. The predicted octanol–water partition coefficient (Wildman–Crippen LogP) is 4.04. The zero-order valence-corrected chi connectivity index (χ0v) is 23.3. The van der Waals surface area contributed by atoms with Gasteiger partial charge in [0.1, 0.15) is 12.8 Å². The first-order valence-corrected chi connectivity index (χ1v) is 14.5. The van der Waals surface area contributed by atoms with E-state index in [1.54, 1.807) is 6.07 Å². The normalized spacial score (nSPS) is 13.4. The van der Waals surface area contributed by atoms with Gasteiger partial charge < -0.3 is 25.9 Å². The van der Waals surface area contributed by atoms with E-state index in [2.05, 4.69) is 15.3 Å². The molecule has 1 aromatic heterocycles. The second-order valence-electron chi connectivity index (χ2n) is 10.1. The number of imidazole rings is 1. The maximum atomic E-state index is 13.8. The minimum Gasteiger partial charge on any atom is -0.445 e. The standard InChI is InChI=1S/C29H35N5O5S/c1-20(2)18-34(40(37,38)24-13-14-25-26(17-24)33-28(30)32-25)27(35)16-23(15-21-9-5-3-6-10-21)31-29(36)39-19-22-11-7-4-8-12-22/h3-14,17,20,23,27,35H,15-16,18-19H2,1-2H3,(H,31,36)(H3,30,32,33)/t23-,27?/m0/s1. The molecule has 40 heavy (non-hydrogen) atoms. The van der Waals surface area contributed by atoms with Crippen molar-refractivity contribution in [1.82, 2.24) is 19.6 Å². The van der Waals surface area contributed by atoms with Crippen molar-refractivity contribution in [3.05, 3.63) is 90.0 Å². The highest BCUT2D eigenvalue weighted by Gasteiger charge is 2.33. The van der Waals surface area contributed by atoms with Crippen molar-refractivity contribution in [3.63, 3.8) is 0 Å². The monoisotopic (exact) mass is 565 g/mol. The maximum Gasteiger partial charge on any atom is 0.407 e. The highest BCUT2D eigenvalue weighted by molar-refractivity contribution is 7.89. The van der Waals surface area contributed by atoms with Crippen LogP contribution in [0.1, 0.15) is 31.4 Å². The second-order valence-corrected chi connectivity index (χ2v) is 12.0. The number of nitrogens with zero attached hydrogens (tertiary/aromatic N) is 2. The third-order valence-electron chi connectivity index (χ3n) is 6.31. The van der Waals surface area contributed by atoms with Gasteiger partial charge in [0.15, 0.2) is 5.95 Å². The number of nitrogens with one attached hydrogen (secondary N) is 2. The van der Waals surface area contributed by atoms with Crippen molar-refractivity contribution in [2.24, 2.45) is 5.92 Å². The first kappa shape index (κ1) is 29.1. The van der Waals surface area contributed by atoms with Gasteiger partial charge in [-0.1, -0.05) is 74.5 Å². The molecule has 0 aliphatic carbocycles. The van der Waals surface area contributed by atoms with Gasteiger partial charge in [-0.05, 0) is 41.7 Å². The van der Waals surface area contributed by atoms with Gasteiger partial charge in [-0.3, -0.25) is 0 Å². The topological polar surface area (TPSA) is 151 Å². The summed E-state index contributed by atoms with van der Waals surface area (Å²) in [5, 5.41) is 14.2. The highest BCUT2D eigenvalue weighted by Crippen LogP contribution is 2.25. The minimum atomic E-state index is -4.12. The van der Waals surface area contributed by atoms with Crippen LogP contribution in [0.5, 0.6) is 0 Å². The number of rotatable bonds is 12. The number of ether oxygens (including phenoxy) is 1. The Morgan fingerprint density at radius 3 is 2.35 bits per heavy atom. The largest absolute Gasteiger partial charge is 0.445 e.